The zero-order valence-corrected chi connectivity index (χ0v) is 9.78. The normalized spacial score (nSPS) is 10.1. The Kier molecular flexibility index (Phi) is 3.38. The number of hydrogen-bond donors (Lipinski definition) is 2. The lowest BCUT2D eigenvalue weighted by molar-refractivity contribution is 0.100. The highest BCUT2D eigenvalue weighted by Crippen LogP contribution is 2.19. The molecule has 0 fully saturated rings. The number of carbonyl (C=O) groups is 1. The molecule has 0 saturated heterocycles. The van der Waals surface area contributed by atoms with E-state index in [1.165, 1.54) is 6.07 Å². The van der Waals surface area contributed by atoms with E-state index in [0.29, 0.717) is 11.3 Å². The van der Waals surface area contributed by atoms with Crippen molar-refractivity contribution in [3.63, 3.8) is 0 Å². The number of nitrogens with zero attached hydrogens (tertiary/aromatic N) is 2. The van der Waals surface area contributed by atoms with Gasteiger partial charge in [-0.05, 0) is 29.8 Å². The summed E-state index contributed by atoms with van der Waals surface area (Å²) < 4.78 is 13.4. The zero-order valence-electron chi connectivity index (χ0n) is 9.02. The maximum atomic E-state index is 13.4. The van der Waals surface area contributed by atoms with Crippen molar-refractivity contribution >= 4 is 29.0 Å². The van der Waals surface area contributed by atoms with Gasteiger partial charge in [0.25, 0.3) is 0 Å². The van der Waals surface area contributed by atoms with Gasteiger partial charge in [-0.2, -0.15) is 4.98 Å². The molecule has 5 nitrogen and oxygen atoms in total. The molecule has 1 heterocycles. The van der Waals surface area contributed by atoms with Gasteiger partial charge in [0.2, 0.25) is 11.2 Å². The second-order valence-electron chi connectivity index (χ2n) is 3.41. The Morgan fingerprint density at radius 3 is 2.94 bits per heavy atom. The second kappa shape index (κ2) is 4.97. The Bertz CT molecular complexity index is 605. The van der Waals surface area contributed by atoms with Crippen molar-refractivity contribution in [2.75, 3.05) is 5.32 Å². The first-order valence-corrected chi connectivity index (χ1v) is 5.29. The second-order valence-corrected chi connectivity index (χ2v) is 3.74. The van der Waals surface area contributed by atoms with E-state index < -0.39 is 11.7 Å². The number of rotatable bonds is 3. The molecule has 18 heavy (non-hydrogen) atoms. The minimum atomic E-state index is -0.649. The smallest absolute Gasteiger partial charge is 0.248 e. The van der Waals surface area contributed by atoms with Crippen molar-refractivity contribution in [1.82, 2.24) is 9.97 Å². The third kappa shape index (κ3) is 2.72. The van der Waals surface area contributed by atoms with Gasteiger partial charge in [-0.3, -0.25) is 4.79 Å². The van der Waals surface area contributed by atoms with Crippen LogP contribution in [0.2, 0.25) is 5.28 Å². The minimum Gasteiger partial charge on any atom is -0.366 e. The molecule has 0 bridgehead atoms. The Morgan fingerprint density at radius 1 is 1.44 bits per heavy atom. The highest BCUT2D eigenvalue weighted by atomic mass is 35.5. The van der Waals surface area contributed by atoms with Crippen molar-refractivity contribution in [3.05, 3.63) is 47.1 Å². The molecule has 0 saturated carbocycles. The number of nitrogens with two attached hydrogens (primary N) is 1. The quantitative estimate of drug-likeness (QED) is 0.834. The fourth-order valence-electron chi connectivity index (χ4n) is 1.32. The first-order chi connectivity index (χ1) is 8.56. The van der Waals surface area contributed by atoms with E-state index in [1.54, 1.807) is 18.2 Å². The van der Waals surface area contributed by atoms with Gasteiger partial charge < -0.3 is 11.1 Å². The number of benzene rings is 1. The summed E-state index contributed by atoms with van der Waals surface area (Å²) >= 11 is 5.56. The van der Waals surface area contributed by atoms with Crippen molar-refractivity contribution in [2.45, 2.75) is 0 Å². The number of aromatic nitrogens is 2. The first kappa shape index (κ1) is 12.3. The van der Waals surface area contributed by atoms with E-state index in [2.05, 4.69) is 15.3 Å². The maximum absolute atomic E-state index is 13.4. The summed E-state index contributed by atoms with van der Waals surface area (Å²) in [5, 5.41) is 2.61. The molecule has 2 aromatic rings. The molecule has 0 radical (unpaired) electrons. The van der Waals surface area contributed by atoms with Gasteiger partial charge in [-0.1, -0.05) is 6.07 Å². The van der Waals surface area contributed by atoms with E-state index in [9.17, 15) is 9.18 Å². The fourth-order valence-corrected chi connectivity index (χ4v) is 1.45. The topological polar surface area (TPSA) is 80.9 Å². The number of primary amides is 1. The van der Waals surface area contributed by atoms with Crippen LogP contribution in [-0.2, 0) is 0 Å². The molecular formula is C11H8ClFN4O. The van der Waals surface area contributed by atoms with Crippen LogP contribution >= 0.6 is 11.6 Å². The predicted octanol–water partition coefficient (Wildman–Crippen LogP) is 2.11. The fraction of sp³-hybridized carbons (Fsp3) is 0. The van der Waals surface area contributed by atoms with Gasteiger partial charge >= 0.3 is 0 Å². The molecule has 92 valence electrons. The molecular weight excluding hydrogens is 259 g/mol. The number of carbonyl (C=O) groups excluding carboxylic acids is 1. The molecule has 0 atom stereocenters. The molecule has 1 amide bonds. The monoisotopic (exact) mass is 266 g/mol. The van der Waals surface area contributed by atoms with Gasteiger partial charge in [-0.15, -0.1) is 0 Å². The summed E-state index contributed by atoms with van der Waals surface area (Å²) in [6.45, 7) is 0. The van der Waals surface area contributed by atoms with Crippen LogP contribution in [0.4, 0.5) is 15.9 Å². The van der Waals surface area contributed by atoms with Crippen molar-refractivity contribution in [2.24, 2.45) is 5.73 Å². The predicted molar refractivity (Wildman–Crippen MR) is 65.2 cm³/mol. The molecule has 0 unspecified atom stereocenters. The molecule has 0 spiro atoms. The van der Waals surface area contributed by atoms with E-state index in [0.717, 1.165) is 6.20 Å². The largest absolute Gasteiger partial charge is 0.366 e. The van der Waals surface area contributed by atoms with Crippen LogP contribution in [0.1, 0.15) is 10.4 Å². The SMILES string of the molecule is NC(=O)c1cccc(Nc2nc(Cl)ncc2F)c1. The summed E-state index contributed by atoms with van der Waals surface area (Å²) in [5.41, 5.74) is 5.92. The maximum Gasteiger partial charge on any atom is 0.248 e. The highest BCUT2D eigenvalue weighted by Gasteiger charge is 2.07. The number of nitrogens with one attached hydrogen (secondary N) is 1. The Morgan fingerprint density at radius 2 is 2.22 bits per heavy atom. The summed E-state index contributed by atoms with van der Waals surface area (Å²) in [6, 6.07) is 6.29. The minimum absolute atomic E-state index is 0.0726. The first-order valence-electron chi connectivity index (χ1n) is 4.91. The standard InChI is InChI=1S/C11H8ClFN4O/c12-11-15-5-8(13)10(17-11)16-7-3-1-2-6(4-7)9(14)18/h1-5H,(H2,14,18)(H,15,16,17). The summed E-state index contributed by atoms with van der Waals surface area (Å²) in [7, 11) is 0. The molecule has 1 aromatic carbocycles. The van der Waals surface area contributed by atoms with Crippen LogP contribution < -0.4 is 11.1 Å². The van der Waals surface area contributed by atoms with Crippen LogP contribution in [0.25, 0.3) is 0 Å². The van der Waals surface area contributed by atoms with Crippen LogP contribution in [0.3, 0.4) is 0 Å². The van der Waals surface area contributed by atoms with Gasteiger partial charge in [0.1, 0.15) is 0 Å². The lowest BCUT2D eigenvalue weighted by atomic mass is 10.2. The van der Waals surface area contributed by atoms with E-state index in [4.69, 9.17) is 17.3 Å². The zero-order chi connectivity index (χ0) is 13.1. The van der Waals surface area contributed by atoms with Gasteiger partial charge in [-0.25, -0.2) is 9.37 Å². The van der Waals surface area contributed by atoms with Crippen LogP contribution in [0.5, 0.6) is 0 Å². The van der Waals surface area contributed by atoms with Gasteiger partial charge in [0, 0.05) is 11.3 Å². The van der Waals surface area contributed by atoms with Crippen LogP contribution in [0.15, 0.2) is 30.5 Å². The molecule has 1 aromatic heterocycles. The number of anilines is 2. The van der Waals surface area contributed by atoms with Crippen LogP contribution in [-0.4, -0.2) is 15.9 Å². The highest BCUT2D eigenvalue weighted by molar-refractivity contribution is 6.28. The number of halogens is 2. The Balaban J connectivity index is 2.31. The summed E-state index contributed by atoms with van der Waals surface area (Å²) in [5.74, 6) is -1.29. The molecule has 0 aliphatic carbocycles. The third-order valence-corrected chi connectivity index (χ3v) is 2.31. The van der Waals surface area contributed by atoms with Crippen molar-refractivity contribution < 1.29 is 9.18 Å². The van der Waals surface area contributed by atoms with Gasteiger partial charge in [0.05, 0.1) is 6.20 Å². The van der Waals surface area contributed by atoms with Crippen molar-refractivity contribution in [1.29, 1.82) is 0 Å². The lowest BCUT2D eigenvalue weighted by Gasteiger charge is -2.07. The Labute approximate surface area is 107 Å². The summed E-state index contributed by atoms with van der Waals surface area (Å²) in [4.78, 5) is 18.2. The average Bonchev–Trinajstić information content (AvgIpc) is 2.34. The number of amides is 1. The third-order valence-electron chi connectivity index (χ3n) is 2.12. The molecule has 0 aliphatic heterocycles. The molecule has 0 aliphatic rings. The average molecular weight is 267 g/mol. The molecule has 3 N–H and O–H groups in total. The van der Waals surface area contributed by atoms with Crippen molar-refractivity contribution in [3.8, 4) is 0 Å². The van der Waals surface area contributed by atoms with E-state index >= 15 is 0 Å². The van der Waals surface area contributed by atoms with E-state index in [1.807, 2.05) is 0 Å². The summed E-state index contributed by atoms with van der Waals surface area (Å²) in [6.07, 6.45) is 0.954. The lowest BCUT2D eigenvalue weighted by Crippen LogP contribution is -2.11. The number of hydrogen-bond acceptors (Lipinski definition) is 4. The molecule has 7 heteroatoms. The van der Waals surface area contributed by atoms with Crippen LogP contribution in [0, 0.1) is 5.82 Å². The Hall–Kier alpha value is -2.21. The van der Waals surface area contributed by atoms with Gasteiger partial charge in [0.15, 0.2) is 11.6 Å². The van der Waals surface area contributed by atoms with E-state index in [-0.39, 0.29) is 11.1 Å². The molecule has 2 rings (SSSR count).